The molecule has 1 aromatic carbocycles. The number of amides is 1. The largest absolute Gasteiger partial charge is 0.356 e. The van der Waals surface area contributed by atoms with Gasteiger partial charge < -0.3 is 10.1 Å². The van der Waals surface area contributed by atoms with E-state index in [9.17, 15) is 4.79 Å². The summed E-state index contributed by atoms with van der Waals surface area (Å²) in [6.45, 7) is 0.756. The zero-order valence-electron chi connectivity index (χ0n) is 13.0. The third kappa shape index (κ3) is 3.38. The van der Waals surface area contributed by atoms with Crippen molar-refractivity contribution < 1.29 is 9.53 Å². The van der Waals surface area contributed by atoms with Gasteiger partial charge in [0.25, 0.3) is 5.91 Å². The van der Waals surface area contributed by atoms with Crippen molar-refractivity contribution in [2.75, 3.05) is 11.9 Å². The average Bonchev–Trinajstić information content (AvgIpc) is 3.24. The first kappa shape index (κ1) is 17.1. The molecule has 1 aliphatic rings. The Morgan fingerprint density at radius 1 is 1.32 bits per heavy atom. The third-order valence-corrected chi connectivity index (χ3v) is 6.23. The number of carbonyl (C=O) groups excluding carboxylic acids is 1. The van der Waals surface area contributed by atoms with E-state index in [-0.39, 0.29) is 12.1 Å². The fourth-order valence-corrected chi connectivity index (χ4v) is 4.51. The zero-order chi connectivity index (χ0) is 17.4. The first-order valence-electron chi connectivity index (χ1n) is 7.83. The molecule has 9 heteroatoms. The predicted molar refractivity (Wildman–Crippen MR) is 104 cm³/mol. The molecule has 0 aliphatic carbocycles. The van der Waals surface area contributed by atoms with E-state index in [2.05, 4.69) is 47.3 Å². The number of nitrogens with zero attached hydrogens (tertiary/aromatic N) is 3. The molecule has 130 valence electrons. The highest BCUT2D eigenvalue weighted by Gasteiger charge is 2.21. The summed E-state index contributed by atoms with van der Waals surface area (Å²) in [5.74, 6) is -0.196. The molecule has 3 aromatic rings. The second-order valence-corrected chi connectivity index (χ2v) is 8.86. The molecule has 0 bridgehead atoms. The monoisotopic (exact) mass is 484 g/mol. The molecule has 2 aromatic heterocycles. The molecule has 0 radical (unpaired) electrons. The van der Waals surface area contributed by atoms with E-state index in [1.165, 1.54) is 11.3 Å². The van der Waals surface area contributed by atoms with E-state index < -0.39 is 0 Å². The van der Waals surface area contributed by atoms with Gasteiger partial charge in [-0.1, -0.05) is 0 Å². The second-order valence-electron chi connectivity index (χ2n) is 5.70. The van der Waals surface area contributed by atoms with Crippen molar-refractivity contribution in [3.05, 3.63) is 37.8 Å². The quantitative estimate of drug-likeness (QED) is 0.568. The lowest BCUT2D eigenvalue weighted by Crippen LogP contribution is -2.19. The number of benzene rings is 1. The van der Waals surface area contributed by atoms with Crippen LogP contribution in [-0.2, 0) is 4.74 Å². The van der Waals surface area contributed by atoms with E-state index in [1.807, 2.05) is 16.8 Å². The van der Waals surface area contributed by atoms with Crippen molar-refractivity contribution in [2.45, 2.75) is 25.5 Å². The van der Waals surface area contributed by atoms with Crippen LogP contribution in [0.25, 0.3) is 10.9 Å². The van der Waals surface area contributed by atoms with Crippen molar-refractivity contribution in [2.24, 2.45) is 0 Å². The predicted octanol–water partition coefficient (Wildman–Crippen LogP) is 4.97. The summed E-state index contributed by atoms with van der Waals surface area (Å²) in [5.41, 5.74) is 1.64. The first-order valence-corrected chi connectivity index (χ1v) is 10.2. The topological polar surface area (TPSA) is 69.0 Å². The van der Waals surface area contributed by atoms with Crippen molar-refractivity contribution in [1.29, 1.82) is 0 Å². The Labute approximate surface area is 164 Å². The van der Waals surface area contributed by atoms with Crippen LogP contribution in [0.1, 0.15) is 35.2 Å². The van der Waals surface area contributed by atoms with Gasteiger partial charge in [0.1, 0.15) is 4.88 Å². The molecule has 1 saturated heterocycles. The van der Waals surface area contributed by atoms with Crippen LogP contribution >= 0.6 is 43.2 Å². The number of carbonyl (C=O) groups is 1. The number of hydrogen-bond acceptors (Lipinski definition) is 5. The van der Waals surface area contributed by atoms with E-state index in [4.69, 9.17) is 4.74 Å². The second kappa shape index (κ2) is 7.14. The number of thiazole rings is 1. The van der Waals surface area contributed by atoms with Gasteiger partial charge in [0.05, 0.1) is 23.6 Å². The third-order valence-electron chi connectivity index (χ3n) is 4.10. The highest BCUT2D eigenvalue weighted by Crippen LogP contribution is 2.35. The highest BCUT2D eigenvalue weighted by atomic mass is 79.9. The van der Waals surface area contributed by atoms with Crippen LogP contribution in [0.4, 0.5) is 5.69 Å². The molecule has 25 heavy (non-hydrogen) atoms. The van der Waals surface area contributed by atoms with Gasteiger partial charge in [-0.15, -0.1) is 11.3 Å². The van der Waals surface area contributed by atoms with E-state index >= 15 is 0 Å². The lowest BCUT2D eigenvalue weighted by molar-refractivity contribution is -0.0366. The minimum absolute atomic E-state index is 0.0478. The molecule has 0 spiro atoms. The van der Waals surface area contributed by atoms with Gasteiger partial charge in [-0.2, -0.15) is 5.10 Å². The fraction of sp³-hybridized carbons (Fsp3) is 0.312. The average molecular weight is 486 g/mol. The normalized spacial score (nSPS) is 17.8. The van der Waals surface area contributed by atoms with Crippen LogP contribution in [0, 0.1) is 0 Å². The smallest absolute Gasteiger partial charge is 0.267 e. The maximum atomic E-state index is 12.5. The van der Waals surface area contributed by atoms with Gasteiger partial charge >= 0.3 is 0 Å². The van der Waals surface area contributed by atoms with Crippen LogP contribution in [0.5, 0.6) is 0 Å². The number of anilines is 1. The zero-order valence-corrected chi connectivity index (χ0v) is 17.0. The summed E-state index contributed by atoms with van der Waals surface area (Å²) in [5, 5.41) is 8.35. The van der Waals surface area contributed by atoms with Crippen LogP contribution in [0.15, 0.2) is 32.9 Å². The number of halogens is 2. The van der Waals surface area contributed by atoms with Crippen molar-refractivity contribution in [3.8, 4) is 0 Å². The van der Waals surface area contributed by atoms with Gasteiger partial charge in [0.2, 0.25) is 0 Å². The number of hydrogen-bond donors (Lipinski definition) is 1. The first-order chi connectivity index (χ1) is 12.1. The number of aromatic nitrogens is 3. The van der Waals surface area contributed by atoms with Crippen LogP contribution in [0.3, 0.4) is 0 Å². The lowest BCUT2D eigenvalue weighted by atomic mass is 10.1. The van der Waals surface area contributed by atoms with Gasteiger partial charge in [-0.25, -0.2) is 9.67 Å². The Kier molecular flexibility index (Phi) is 4.90. The summed E-state index contributed by atoms with van der Waals surface area (Å²) < 4.78 is 9.23. The molecule has 0 saturated carbocycles. The molecular formula is C16H14Br2N4O2S. The molecule has 1 aliphatic heterocycles. The Morgan fingerprint density at radius 2 is 2.20 bits per heavy atom. The molecule has 1 amide bonds. The van der Waals surface area contributed by atoms with E-state index in [0.29, 0.717) is 14.5 Å². The van der Waals surface area contributed by atoms with E-state index in [0.717, 1.165) is 41.2 Å². The number of fused-ring (bicyclic) bond motifs is 1. The number of nitrogens with one attached hydrogen (secondary N) is 1. The van der Waals surface area contributed by atoms with Crippen molar-refractivity contribution >= 4 is 65.7 Å². The standard InChI is InChI=1S/C16H14Br2N4O2S/c17-10-4-5-11-9(7-20-22(11)13-3-1-2-6-24-13)14(10)21-15(23)12-8-19-16(18)25-12/h4-5,7-8,13H,1-3,6H2,(H,21,23). The molecule has 3 heterocycles. The Hall–Kier alpha value is -1.29. The maximum absolute atomic E-state index is 12.5. The number of ether oxygens (including phenoxy) is 1. The molecule has 1 fully saturated rings. The lowest BCUT2D eigenvalue weighted by Gasteiger charge is -2.23. The Morgan fingerprint density at radius 3 is 2.92 bits per heavy atom. The van der Waals surface area contributed by atoms with Gasteiger partial charge in [-0.05, 0) is 63.3 Å². The summed E-state index contributed by atoms with van der Waals surface area (Å²) in [7, 11) is 0. The molecule has 6 nitrogen and oxygen atoms in total. The maximum Gasteiger partial charge on any atom is 0.267 e. The Balaban J connectivity index is 1.69. The van der Waals surface area contributed by atoms with Crippen LogP contribution in [0.2, 0.25) is 0 Å². The summed E-state index contributed by atoms with van der Waals surface area (Å²) >= 11 is 8.09. The minimum Gasteiger partial charge on any atom is -0.356 e. The van der Waals surface area contributed by atoms with E-state index in [1.54, 1.807) is 12.4 Å². The molecule has 1 unspecified atom stereocenters. The van der Waals surface area contributed by atoms with Crippen LogP contribution < -0.4 is 5.32 Å². The summed E-state index contributed by atoms with van der Waals surface area (Å²) in [4.78, 5) is 17.1. The number of rotatable bonds is 3. The molecule has 1 N–H and O–H groups in total. The van der Waals surface area contributed by atoms with Gasteiger partial charge in [0, 0.05) is 16.5 Å². The minimum atomic E-state index is -0.196. The highest BCUT2D eigenvalue weighted by molar-refractivity contribution is 9.11. The molecule has 4 rings (SSSR count). The molecular weight excluding hydrogens is 472 g/mol. The van der Waals surface area contributed by atoms with Crippen LogP contribution in [-0.4, -0.2) is 27.3 Å². The summed E-state index contributed by atoms with van der Waals surface area (Å²) in [6.07, 6.45) is 6.45. The van der Waals surface area contributed by atoms with Crippen molar-refractivity contribution in [3.63, 3.8) is 0 Å². The van der Waals surface area contributed by atoms with Crippen molar-refractivity contribution in [1.82, 2.24) is 14.8 Å². The molecule has 1 atom stereocenters. The van der Waals surface area contributed by atoms with Gasteiger partial charge in [-0.3, -0.25) is 4.79 Å². The SMILES string of the molecule is O=C(Nc1c(Br)ccc2c1cnn2C1CCCCO1)c1cnc(Br)s1. The fourth-order valence-electron chi connectivity index (χ4n) is 2.90. The Bertz CT molecular complexity index is 934. The van der Waals surface area contributed by atoms with Gasteiger partial charge in [0.15, 0.2) is 10.1 Å². The summed E-state index contributed by atoms with van der Waals surface area (Å²) in [6, 6.07) is 3.91.